The Hall–Kier alpha value is -1.75. The zero-order valence-electron chi connectivity index (χ0n) is 19.5. The normalized spacial score (nSPS) is 41.5. The zero-order chi connectivity index (χ0) is 23.8. The highest BCUT2D eigenvalue weighted by Crippen LogP contribution is 2.60. The molecule has 0 aromatic carbocycles. The fraction of sp³-hybridized carbons (Fsp3) is 0.870. The summed E-state index contributed by atoms with van der Waals surface area (Å²) in [5.74, 6) is -2.05. The molecule has 1 aliphatic carbocycles. The maximum Gasteiger partial charge on any atom is 0.308 e. The first-order valence-electron chi connectivity index (χ1n) is 12.0. The number of carbonyl (C=O) groups is 3. The lowest BCUT2D eigenvalue weighted by molar-refractivity contribution is -0.576. The molecule has 33 heavy (non-hydrogen) atoms. The lowest BCUT2D eigenvalue weighted by Crippen LogP contribution is -2.70. The number of carbonyl (C=O) groups excluding carboxylic acids is 2. The summed E-state index contributed by atoms with van der Waals surface area (Å²) in [6.45, 7) is 6.33. The summed E-state index contributed by atoms with van der Waals surface area (Å²) in [6, 6.07) is 0. The molecule has 1 spiro atoms. The third kappa shape index (κ3) is 4.76. The number of esters is 1. The van der Waals surface area contributed by atoms with Crippen molar-refractivity contribution in [3.8, 4) is 0 Å². The first-order valence-corrected chi connectivity index (χ1v) is 12.0. The van der Waals surface area contributed by atoms with Crippen LogP contribution in [0.2, 0.25) is 0 Å². The number of ether oxygens (including phenoxy) is 3. The SMILES string of the molecule is C[C@@H]1[C@H](OC(=O)CCC(=O)NCCCC(=O)O)O[C@H]2O[C@@]3(C)CC[C@H]4[C@H](C)CC[C@@H]1[C@@]24OO3. The molecule has 1 saturated carbocycles. The van der Waals surface area contributed by atoms with E-state index in [0.717, 1.165) is 19.3 Å². The molecule has 0 aromatic heterocycles. The number of hydrogen-bond donors (Lipinski definition) is 2. The molecule has 10 heteroatoms. The second-order valence-corrected chi connectivity index (χ2v) is 10.1. The number of amides is 1. The van der Waals surface area contributed by atoms with Crippen LogP contribution >= 0.6 is 0 Å². The predicted molar refractivity (Wildman–Crippen MR) is 112 cm³/mol. The number of rotatable bonds is 8. The molecule has 5 aliphatic rings. The van der Waals surface area contributed by atoms with Gasteiger partial charge in [0.15, 0.2) is 11.9 Å². The second-order valence-electron chi connectivity index (χ2n) is 10.1. The van der Waals surface area contributed by atoms with Gasteiger partial charge in [-0.1, -0.05) is 13.8 Å². The fourth-order valence-corrected chi connectivity index (χ4v) is 5.97. The van der Waals surface area contributed by atoms with E-state index in [4.69, 9.17) is 29.1 Å². The van der Waals surface area contributed by atoms with Gasteiger partial charge in [0.05, 0.1) is 6.42 Å². The molecule has 5 rings (SSSR count). The molecular formula is C23H35NO9. The van der Waals surface area contributed by atoms with E-state index < -0.39 is 35.9 Å². The summed E-state index contributed by atoms with van der Waals surface area (Å²) < 4.78 is 18.1. The Morgan fingerprint density at radius 2 is 1.85 bits per heavy atom. The third-order valence-electron chi connectivity index (χ3n) is 7.79. The number of fused-ring (bicyclic) bond motifs is 2. The minimum absolute atomic E-state index is 0.0153. The molecule has 4 heterocycles. The number of nitrogens with one attached hydrogen (secondary N) is 1. The monoisotopic (exact) mass is 469 g/mol. The van der Waals surface area contributed by atoms with Crippen LogP contribution in [0.15, 0.2) is 0 Å². The highest BCUT2D eigenvalue weighted by Gasteiger charge is 2.69. The first kappa shape index (κ1) is 24.4. The van der Waals surface area contributed by atoms with Gasteiger partial charge in [-0.2, -0.15) is 0 Å². The highest BCUT2D eigenvalue weighted by atomic mass is 17.3. The van der Waals surface area contributed by atoms with Crippen LogP contribution in [-0.4, -0.2) is 53.5 Å². The summed E-state index contributed by atoms with van der Waals surface area (Å²) in [7, 11) is 0. The molecule has 4 saturated heterocycles. The Morgan fingerprint density at radius 1 is 1.06 bits per heavy atom. The molecule has 2 bridgehead atoms. The summed E-state index contributed by atoms with van der Waals surface area (Å²) in [5.41, 5.74) is -0.716. The number of aliphatic carboxylic acids is 1. The van der Waals surface area contributed by atoms with E-state index in [1.807, 2.05) is 13.8 Å². The van der Waals surface area contributed by atoms with E-state index in [1.54, 1.807) is 0 Å². The molecular weight excluding hydrogens is 434 g/mol. The van der Waals surface area contributed by atoms with Crippen LogP contribution in [0.3, 0.4) is 0 Å². The van der Waals surface area contributed by atoms with Crippen LogP contribution < -0.4 is 5.32 Å². The number of hydrogen-bond acceptors (Lipinski definition) is 8. The van der Waals surface area contributed by atoms with Gasteiger partial charge < -0.3 is 24.6 Å². The molecule has 0 radical (unpaired) electrons. The minimum Gasteiger partial charge on any atom is -0.481 e. The van der Waals surface area contributed by atoms with Crippen molar-refractivity contribution in [1.82, 2.24) is 5.32 Å². The van der Waals surface area contributed by atoms with Crippen LogP contribution in [0.1, 0.15) is 72.1 Å². The number of carboxylic acid groups (broad SMARTS) is 1. The Morgan fingerprint density at radius 3 is 2.61 bits per heavy atom. The molecule has 1 amide bonds. The van der Waals surface area contributed by atoms with Crippen molar-refractivity contribution >= 4 is 17.8 Å². The summed E-state index contributed by atoms with van der Waals surface area (Å²) in [6.07, 6.45) is 2.30. The lowest BCUT2D eigenvalue weighted by atomic mass is 9.58. The van der Waals surface area contributed by atoms with Crippen molar-refractivity contribution < 1.29 is 43.5 Å². The molecule has 4 aliphatic heterocycles. The van der Waals surface area contributed by atoms with Gasteiger partial charge in [0.2, 0.25) is 18.0 Å². The van der Waals surface area contributed by atoms with E-state index in [2.05, 4.69) is 12.2 Å². The van der Waals surface area contributed by atoms with E-state index in [9.17, 15) is 14.4 Å². The lowest BCUT2D eigenvalue weighted by Gasteiger charge is -2.59. The topological polar surface area (TPSA) is 130 Å². The summed E-state index contributed by atoms with van der Waals surface area (Å²) in [5, 5.41) is 11.2. The smallest absolute Gasteiger partial charge is 0.308 e. The second kappa shape index (κ2) is 9.48. The van der Waals surface area contributed by atoms with E-state index in [-0.39, 0.29) is 49.5 Å². The van der Waals surface area contributed by atoms with E-state index >= 15 is 0 Å². The largest absolute Gasteiger partial charge is 0.481 e. The quantitative estimate of drug-likeness (QED) is 0.313. The first-order chi connectivity index (χ1) is 15.6. The van der Waals surface area contributed by atoms with Gasteiger partial charge in [-0.05, 0) is 44.4 Å². The molecule has 0 unspecified atom stereocenters. The predicted octanol–water partition coefficient (Wildman–Crippen LogP) is 2.50. The molecule has 8 atom stereocenters. The number of carboxylic acids is 1. The molecule has 2 N–H and O–H groups in total. The standard InChI is InChI=1S/C23H35NO9/c1-13-6-7-16-14(2)20(29-19(28)9-8-17(25)24-12-4-5-18(26)27)30-21-23(16)15(13)10-11-22(3,31-21)32-33-23/h13-16,20-21H,4-12H2,1-3H3,(H,24,25)(H,26,27)/t13-,14+,15+,16+,20-,21+,22-,23-/m1/s1. The van der Waals surface area contributed by atoms with Crippen molar-refractivity contribution in [2.75, 3.05) is 6.54 Å². The van der Waals surface area contributed by atoms with Gasteiger partial charge in [-0.15, -0.1) is 0 Å². The van der Waals surface area contributed by atoms with E-state index in [0.29, 0.717) is 18.8 Å². The van der Waals surface area contributed by atoms with E-state index in [1.165, 1.54) is 0 Å². The molecule has 5 fully saturated rings. The zero-order valence-corrected chi connectivity index (χ0v) is 19.5. The fourth-order valence-electron chi connectivity index (χ4n) is 5.97. The van der Waals surface area contributed by atoms with Gasteiger partial charge in [-0.3, -0.25) is 14.4 Å². The highest BCUT2D eigenvalue weighted by molar-refractivity contribution is 5.81. The van der Waals surface area contributed by atoms with Crippen LogP contribution in [0.4, 0.5) is 0 Å². The van der Waals surface area contributed by atoms with Crippen LogP contribution in [0, 0.1) is 23.7 Å². The van der Waals surface area contributed by atoms with Crippen molar-refractivity contribution in [1.29, 1.82) is 0 Å². The van der Waals surface area contributed by atoms with Crippen molar-refractivity contribution in [2.45, 2.75) is 96.1 Å². The van der Waals surface area contributed by atoms with Gasteiger partial charge in [-0.25, -0.2) is 9.78 Å². The Kier molecular flexibility index (Phi) is 7.00. The van der Waals surface area contributed by atoms with Crippen molar-refractivity contribution in [3.63, 3.8) is 0 Å². The van der Waals surface area contributed by atoms with Crippen molar-refractivity contribution in [3.05, 3.63) is 0 Å². The summed E-state index contributed by atoms with van der Waals surface area (Å²) >= 11 is 0. The Balaban J connectivity index is 1.35. The van der Waals surface area contributed by atoms with Crippen LogP contribution in [0.5, 0.6) is 0 Å². The average Bonchev–Trinajstić information content (AvgIpc) is 2.99. The maximum atomic E-state index is 12.5. The summed E-state index contributed by atoms with van der Waals surface area (Å²) in [4.78, 5) is 46.8. The average molecular weight is 470 g/mol. The Labute approximate surface area is 193 Å². The molecule has 186 valence electrons. The van der Waals surface area contributed by atoms with Gasteiger partial charge in [0, 0.05) is 37.6 Å². The Bertz CT molecular complexity index is 775. The third-order valence-corrected chi connectivity index (χ3v) is 7.79. The maximum absolute atomic E-state index is 12.5. The minimum atomic E-state index is -0.910. The van der Waals surface area contributed by atoms with Crippen LogP contribution in [-0.2, 0) is 38.4 Å². The molecule has 0 aromatic rings. The van der Waals surface area contributed by atoms with Gasteiger partial charge in [0.1, 0.15) is 0 Å². The van der Waals surface area contributed by atoms with Crippen molar-refractivity contribution in [2.24, 2.45) is 23.7 Å². The van der Waals surface area contributed by atoms with Crippen LogP contribution in [0.25, 0.3) is 0 Å². The van der Waals surface area contributed by atoms with Gasteiger partial charge in [0.25, 0.3) is 0 Å². The molecule has 10 nitrogen and oxygen atoms in total. The van der Waals surface area contributed by atoms with Gasteiger partial charge >= 0.3 is 11.9 Å².